The van der Waals surface area contributed by atoms with E-state index in [9.17, 15) is 17.6 Å². The van der Waals surface area contributed by atoms with Gasteiger partial charge in [0.1, 0.15) is 5.82 Å². The van der Waals surface area contributed by atoms with Crippen molar-refractivity contribution in [1.29, 1.82) is 0 Å². The van der Waals surface area contributed by atoms with Crippen molar-refractivity contribution in [3.8, 4) is 0 Å². The Hall–Kier alpha value is -1.43. The lowest BCUT2D eigenvalue weighted by Gasteiger charge is -2.32. The first-order chi connectivity index (χ1) is 10.3. The largest absolute Gasteiger partial charge is 0.339 e. The predicted molar refractivity (Wildman–Crippen MR) is 84.0 cm³/mol. The standard InChI is InChI=1S/C16H22FNO3S/c1-12(2)11-22(20,21)15-6-8-18(9-7-15)16(19)13-4-3-5-14(17)10-13/h3-5,10,12,15H,6-9,11H2,1-2H3. The molecule has 0 bridgehead atoms. The molecule has 1 aliphatic heterocycles. The molecule has 4 nitrogen and oxygen atoms in total. The molecule has 0 aromatic heterocycles. The van der Waals surface area contributed by atoms with Gasteiger partial charge in [-0.15, -0.1) is 0 Å². The van der Waals surface area contributed by atoms with Crippen molar-refractivity contribution in [3.63, 3.8) is 0 Å². The lowest BCUT2D eigenvalue weighted by atomic mass is 10.1. The van der Waals surface area contributed by atoms with Gasteiger partial charge in [0.25, 0.3) is 5.91 Å². The van der Waals surface area contributed by atoms with E-state index in [2.05, 4.69) is 0 Å². The molecule has 0 unspecified atom stereocenters. The van der Waals surface area contributed by atoms with Crippen LogP contribution in [0.1, 0.15) is 37.0 Å². The van der Waals surface area contributed by atoms with Crippen LogP contribution in [-0.2, 0) is 9.84 Å². The van der Waals surface area contributed by atoms with E-state index in [4.69, 9.17) is 0 Å². The zero-order valence-corrected chi connectivity index (χ0v) is 13.8. The van der Waals surface area contributed by atoms with Gasteiger partial charge in [0.15, 0.2) is 9.84 Å². The van der Waals surface area contributed by atoms with E-state index in [1.807, 2.05) is 13.8 Å². The van der Waals surface area contributed by atoms with E-state index in [-0.39, 0.29) is 22.8 Å². The van der Waals surface area contributed by atoms with Crippen molar-refractivity contribution in [2.45, 2.75) is 31.9 Å². The molecular weight excluding hydrogens is 305 g/mol. The number of likely N-dealkylation sites (tertiary alicyclic amines) is 1. The minimum absolute atomic E-state index is 0.108. The summed E-state index contributed by atoms with van der Waals surface area (Å²) in [7, 11) is -3.10. The highest BCUT2D eigenvalue weighted by atomic mass is 32.2. The summed E-state index contributed by atoms with van der Waals surface area (Å²) in [6.45, 7) is 4.58. The minimum Gasteiger partial charge on any atom is -0.339 e. The molecule has 0 aliphatic carbocycles. The molecule has 2 rings (SSSR count). The van der Waals surface area contributed by atoms with Crippen LogP contribution in [0.25, 0.3) is 0 Å². The van der Waals surface area contributed by atoms with Crippen LogP contribution in [0.5, 0.6) is 0 Å². The number of rotatable bonds is 4. The Morgan fingerprint density at radius 1 is 1.32 bits per heavy atom. The number of piperidine rings is 1. The summed E-state index contributed by atoms with van der Waals surface area (Å²) in [5.41, 5.74) is 0.309. The van der Waals surface area contributed by atoms with Gasteiger partial charge >= 0.3 is 0 Å². The summed E-state index contributed by atoms with van der Waals surface area (Å²) in [4.78, 5) is 13.9. The van der Waals surface area contributed by atoms with Crippen LogP contribution < -0.4 is 0 Å². The summed E-state index contributed by atoms with van der Waals surface area (Å²) in [6.07, 6.45) is 0.909. The van der Waals surface area contributed by atoms with Gasteiger partial charge in [-0.2, -0.15) is 0 Å². The zero-order chi connectivity index (χ0) is 16.3. The molecule has 1 fully saturated rings. The number of hydrogen-bond acceptors (Lipinski definition) is 3. The number of hydrogen-bond donors (Lipinski definition) is 0. The maximum absolute atomic E-state index is 13.2. The van der Waals surface area contributed by atoms with E-state index < -0.39 is 15.7 Å². The SMILES string of the molecule is CC(C)CS(=O)(=O)C1CCN(C(=O)c2cccc(F)c2)CC1. The molecule has 122 valence electrons. The van der Waals surface area contributed by atoms with Crippen LogP contribution in [-0.4, -0.2) is 43.3 Å². The Morgan fingerprint density at radius 2 is 1.95 bits per heavy atom. The summed E-state index contributed by atoms with van der Waals surface area (Å²) in [5, 5.41) is -0.369. The topological polar surface area (TPSA) is 54.5 Å². The molecule has 0 saturated carbocycles. The van der Waals surface area contributed by atoms with Gasteiger partial charge in [0.05, 0.1) is 11.0 Å². The molecule has 1 heterocycles. The summed E-state index contributed by atoms with van der Waals surface area (Å²) in [5.74, 6) is -0.383. The molecule has 6 heteroatoms. The van der Waals surface area contributed by atoms with Crippen LogP contribution >= 0.6 is 0 Å². The first kappa shape index (κ1) is 16.9. The first-order valence-electron chi connectivity index (χ1n) is 7.56. The summed E-state index contributed by atoms with van der Waals surface area (Å²) < 4.78 is 37.7. The Labute approximate surface area is 131 Å². The number of amides is 1. The van der Waals surface area contributed by atoms with E-state index in [0.717, 1.165) is 0 Å². The lowest BCUT2D eigenvalue weighted by molar-refractivity contribution is 0.0725. The number of carbonyl (C=O) groups is 1. The van der Waals surface area contributed by atoms with Gasteiger partial charge < -0.3 is 4.90 Å². The highest BCUT2D eigenvalue weighted by molar-refractivity contribution is 7.92. The molecule has 22 heavy (non-hydrogen) atoms. The van der Waals surface area contributed by atoms with Crippen molar-refractivity contribution >= 4 is 15.7 Å². The smallest absolute Gasteiger partial charge is 0.253 e. The minimum atomic E-state index is -3.10. The monoisotopic (exact) mass is 327 g/mol. The number of benzene rings is 1. The van der Waals surface area contributed by atoms with Gasteiger partial charge in [-0.3, -0.25) is 4.79 Å². The summed E-state index contributed by atoms with van der Waals surface area (Å²) in [6, 6.07) is 5.58. The molecule has 1 aliphatic rings. The Kier molecular flexibility index (Phi) is 5.21. The van der Waals surface area contributed by atoms with E-state index in [0.29, 0.717) is 31.5 Å². The molecule has 0 spiro atoms. The Balaban J connectivity index is 1.99. The molecule has 1 aromatic rings. The average Bonchev–Trinajstić information content (AvgIpc) is 2.45. The molecular formula is C16H22FNO3S. The van der Waals surface area contributed by atoms with Gasteiger partial charge in [-0.25, -0.2) is 12.8 Å². The van der Waals surface area contributed by atoms with E-state index in [1.54, 1.807) is 11.0 Å². The predicted octanol–water partition coefficient (Wildman–Crippen LogP) is 2.50. The van der Waals surface area contributed by atoms with Crippen molar-refractivity contribution in [2.75, 3.05) is 18.8 Å². The molecule has 1 amide bonds. The van der Waals surface area contributed by atoms with E-state index in [1.165, 1.54) is 18.2 Å². The van der Waals surface area contributed by atoms with Gasteiger partial charge in [-0.1, -0.05) is 19.9 Å². The zero-order valence-electron chi connectivity index (χ0n) is 13.0. The van der Waals surface area contributed by atoms with Crippen LogP contribution in [0, 0.1) is 11.7 Å². The van der Waals surface area contributed by atoms with Crippen molar-refractivity contribution in [2.24, 2.45) is 5.92 Å². The van der Waals surface area contributed by atoms with Crippen molar-refractivity contribution < 1.29 is 17.6 Å². The van der Waals surface area contributed by atoms with Crippen LogP contribution in [0.15, 0.2) is 24.3 Å². The maximum atomic E-state index is 13.2. The Morgan fingerprint density at radius 3 is 2.50 bits per heavy atom. The van der Waals surface area contributed by atoms with Gasteiger partial charge in [0, 0.05) is 18.7 Å². The quantitative estimate of drug-likeness (QED) is 0.854. The number of halogens is 1. The molecule has 0 radical (unpaired) electrons. The van der Waals surface area contributed by atoms with Crippen LogP contribution in [0.3, 0.4) is 0 Å². The second kappa shape index (κ2) is 6.77. The second-order valence-electron chi connectivity index (χ2n) is 6.23. The van der Waals surface area contributed by atoms with Gasteiger partial charge in [0.2, 0.25) is 0 Å². The first-order valence-corrected chi connectivity index (χ1v) is 9.27. The molecule has 0 atom stereocenters. The summed E-state index contributed by atoms with van der Waals surface area (Å²) >= 11 is 0. The molecule has 0 N–H and O–H groups in total. The highest BCUT2D eigenvalue weighted by Gasteiger charge is 2.32. The fourth-order valence-corrected chi connectivity index (χ4v) is 4.95. The molecule has 1 aromatic carbocycles. The van der Waals surface area contributed by atoms with Gasteiger partial charge in [-0.05, 0) is 37.0 Å². The third kappa shape index (κ3) is 4.06. The number of carbonyl (C=O) groups excluding carboxylic acids is 1. The van der Waals surface area contributed by atoms with Crippen LogP contribution in [0.2, 0.25) is 0 Å². The third-order valence-corrected chi connectivity index (χ3v) is 6.49. The van der Waals surface area contributed by atoms with Crippen molar-refractivity contribution in [1.82, 2.24) is 4.90 Å². The second-order valence-corrected chi connectivity index (χ2v) is 8.55. The number of nitrogens with zero attached hydrogens (tertiary/aromatic N) is 1. The van der Waals surface area contributed by atoms with Crippen LogP contribution in [0.4, 0.5) is 4.39 Å². The lowest BCUT2D eigenvalue weighted by Crippen LogP contribution is -2.43. The molecule has 1 saturated heterocycles. The normalized spacial score (nSPS) is 17.0. The van der Waals surface area contributed by atoms with E-state index >= 15 is 0 Å². The van der Waals surface area contributed by atoms with Crippen molar-refractivity contribution in [3.05, 3.63) is 35.6 Å². The number of sulfone groups is 1. The third-order valence-electron chi connectivity index (χ3n) is 3.87. The average molecular weight is 327 g/mol. The fraction of sp³-hybridized carbons (Fsp3) is 0.562. The highest BCUT2D eigenvalue weighted by Crippen LogP contribution is 2.21. The maximum Gasteiger partial charge on any atom is 0.253 e. The fourth-order valence-electron chi connectivity index (χ4n) is 2.82. The Bertz CT molecular complexity index is 635.